The molecule has 0 aliphatic heterocycles. The number of nitrogens with zero attached hydrogens (tertiary/aromatic N) is 3. The Hall–Kier alpha value is -2.86. The van der Waals surface area contributed by atoms with Gasteiger partial charge in [0.2, 0.25) is 0 Å². The first-order valence-electron chi connectivity index (χ1n) is 9.25. The average molecular weight is 431 g/mol. The van der Waals surface area contributed by atoms with Crippen LogP contribution < -0.4 is 10.6 Å². The number of aromatic nitrogens is 3. The Kier molecular flexibility index (Phi) is 5.28. The third kappa shape index (κ3) is 4.05. The first-order chi connectivity index (χ1) is 14.2. The van der Waals surface area contributed by atoms with Crippen LogP contribution in [0.25, 0.3) is 22.6 Å². The van der Waals surface area contributed by atoms with Gasteiger partial charge in [-0.2, -0.15) is 4.98 Å². The molecule has 30 heavy (non-hydrogen) atoms. The molecule has 0 amide bonds. The molecular formula is C19H21N5O5S. The lowest BCUT2D eigenvalue weighted by Gasteiger charge is -2.30. The molecule has 2 aromatic heterocycles. The van der Waals surface area contributed by atoms with Crippen molar-refractivity contribution in [3.63, 3.8) is 0 Å². The van der Waals surface area contributed by atoms with Gasteiger partial charge >= 0.3 is 0 Å². The number of nitrogens with one attached hydrogen (secondary N) is 1. The second-order valence-electron chi connectivity index (χ2n) is 7.23. The summed E-state index contributed by atoms with van der Waals surface area (Å²) in [7, 11) is -3.90. The van der Waals surface area contributed by atoms with E-state index in [9.17, 15) is 13.5 Å². The quantitative estimate of drug-likeness (QED) is 0.495. The molecular weight excluding hydrogens is 410 g/mol. The van der Waals surface area contributed by atoms with Crippen molar-refractivity contribution in [2.24, 2.45) is 0 Å². The summed E-state index contributed by atoms with van der Waals surface area (Å²) in [5.74, 6) is 0.921. The molecule has 1 fully saturated rings. The van der Waals surface area contributed by atoms with Crippen LogP contribution in [-0.4, -0.2) is 40.9 Å². The second-order valence-corrected chi connectivity index (χ2v) is 8.88. The van der Waals surface area contributed by atoms with Crippen LogP contribution in [0.15, 0.2) is 39.9 Å². The maximum atomic E-state index is 12.6. The van der Waals surface area contributed by atoms with Gasteiger partial charge in [-0.1, -0.05) is 16.1 Å². The molecule has 1 aliphatic carbocycles. The third-order valence-corrected chi connectivity index (χ3v) is 6.09. The van der Waals surface area contributed by atoms with Crippen molar-refractivity contribution in [3.8, 4) is 22.6 Å². The molecule has 1 aromatic carbocycles. The van der Waals surface area contributed by atoms with E-state index in [2.05, 4.69) is 20.0 Å². The van der Waals surface area contributed by atoms with E-state index in [1.54, 1.807) is 25.3 Å². The molecule has 1 saturated carbocycles. The molecule has 0 spiro atoms. The first-order valence-corrected chi connectivity index (χ1v) is 10.7. The van der Waals surface area contributed by atoms with E-state index >= 15 is 0 Å². The number of aliphatic hydroxyl groups excluding tert-OH is 1. The number of benzene rings is 1. The minimum Gasteiger partial charge on any atom is -0.393 e. The predicted octanol–water partition coefficient (Wildman–Crippen LogP) is 1.73. The van der Waals surface area contributed by atoms with E-state index in [1.165, 1.54) is 12.1 Å². The fourth-order valence-corrected chi connectivity index (χ4v) is 3.97. The fraction of sp³-hybridized carbons (Fsp3) is 0.316. The van der Waals surface area contributed by atoms with Gasteiger partial charge in [-0.05, 0) is 43.2 Å². The Morgan fingerprint density at radius 2 is 2.00 bits per heavy atom. The number of hydrogen-bond donors (Lipinski definition) is 3. The smallest absolute Gasteiger partial charge is 0.262 e. The number of anilines is 1. The van der Waals surface area contributed by atoms with Crippen LogP contribution in [0.3, 0.4) is 0 Å². The van der Waals surface area contributed by atoms with Crippen molar-refractivity contribution >= 4 is 15.8 Å². The van der Waals surface area contributed by atoms with Gasteiger partial charge in [0.15, 0.2) is 5.82 Å². The van der Waals surface area contributed by atoms with E-state index < -0.39 is 16.1 Å². The summed E-state index contributed by atoms with van der Waals surface area (Å²) in [5.41, 5.74) is 8.57. The Morgan fingerprint density at radius 3 is 2.67 bits per heavy atom. The molecule has 10 nitrogen and oxygen atoms in total. The molecule has 158 valence electrons. The molecule has 0 radical (unpaired) electrons. The molecule has 0 saturated heterocycles. The van der Waals surface area contributed by atoms with Crippen molar-refractivity contribution in [1.29, 1.82) is 0 Å². The highest BCUT2D eigenvalue weighted by molar-refractivity contribution is 7.89. The van der Waals surface area contributed by atoms with Gasteiger partial charge < -0.3 is 15.4 Å². The second kappa shape index (κ2) is 7.76. The number of nitrogens with two attached hydrogens (primary N) is 1. The lowest BCUT2D eigenvalue weighted by molar-refractivity contribution is -0.0901. The monoisotopic (exact) mass is 431 g/mol. The molecule has 0 unspecified atom stereocenters. The van der Waals surface area contributed by atoms with Crippen molar-refractivity contribution in [2.75, 3.05) is 5.73 Å². The Balaban J connectivity index is 1.65. The highest BCUT2D eigenvalue weighted by atomic mass is 32.2. The summed E-state index contributed by atoms with van der Waals surface area (Å²) >= 11 is 0. The number of nitrogen functional groups attached to an aromatic ring is 1. The zero-order valence-electron chi connectivity index (χ0n) is 16.4. The van der Waals surface area contributed by atoms with Crippen LogP contribution in [0.2, 0.25) is 0 Å². The summed E-state index contributed by atoms with van der Waals surface area (Å²) in [6.07, 6.45) is 1.58. The highest BCUT2D eigenvalue weighted by Gasteiger charge is 2.30. The predicted molar refractivity (Wildman–Crippen MR) is 107 cm³/mol. The van der Waals surface area contributed by atoms with Gasteiger partial charge in [-0.25, -0.2) is 13.4 Å². The number of hydrogen-bond acceptors (Lipinski definition) is 9. The van der Waals surface area contributed by atoms with Gasteiger partial charge in [-0.3, -0.25) is 4.84 Å². The van der Waals surface area contributed by atoms with Crippen molar-refractivity contribution in [1.82, 2.24) is 20.0 Å². The van der Waals surface area contributed by atoms with E-state index in [0.717, 1.165) is 5.56 Å². The van der Waals surface area contributed by atoms with Crippen molar-refractivity contribution in [3.05, 3.63) is 41.9 Å². The van der Waals surface area contributed by atoms with Crippen LogP contribution in [-0.2, 0) is 14.9 Å². The molecule has 4 rings (SSSR count). The van der Waals surface area contributed by atoms with Gasteiger partial charge in [0.25, 0.3) is 15.9 Å². The van der Waals surface area contributed by atoms with E-state index in [-0.39, 0.29) is 22.7 Å². The van der Waals surface area contributed by atoms with Crippen LogP contribution in [0.1, 0.15) is 24.2 Å². The number of aryl methyl sites for hydroxylation is 2. The zero-order valence-corrected chi connectivity index (χ0v) is 17.2. The molecule has 1 aliphatic rings. The molecule has 0 atom stereocenters. The number of sulfonamides is 1. The summed E-state index contributed by atoms with van der Waals surface area (Å²) in [5, 5.41) is 13.1. The maximum Gasteiger partial charge on any atom is 0.262 e. The van der Waals surface area contributed by atoms with Gasteiger partial charge in [0, 0.05) is 24.6 Å². The third-order valence-electron chi connectivity index (χ3n) is 4.90. The molecule has 11 heteroatoms. The average Bonchev–Trinajstić information content (AvgIpc) is 3.11. The van der Waals surface area contributed by atoms with Crippen LogP contribution in [0.5, 0.6) is 0 Å². The lowest BCUT2D eigenvalue weighted by Crippen LogP contribution is -2.40. The first kappa shape index (κ1) is 20.4. The zero-order chi connectivity index (χ0) is 21.5. The summed E-state index contributed by atoms with van der Waals surface area (Å²) in [6.45, 7) is 3.55. The minimum absolute atomic E-state index is 0.0370. The van der Waals surface area contributed by atoms with Gasteiger partial charge in [0.1, 0.15) is 5.82 Å². The van der Waals surface area contributed by atoms with Crippen LogP contribution in [0.4, 0.5) is 5.82 Å². The molecule has 0 bridgehead atoms. The van der Waals surface area contributed by atoms with E-state index in [1.807, 2.05) is 6.92 Å². The van der Waals surface area contributed by atoms with Gasteiger partial charge in [0.05, 0.1) is 22.7 Å². The minimum atomic E-state index is -3.90. The summed E-state index contributed by atoms with van der Waals surface area (Å²) in [6, 6.07) is 6.46. The lowest BCUT2D eigenvalue weighted by atomic mass is 9.93. The number of pyridine rings is 1. The maximum absolute atomic E-state index is 12.6. The fourth-order valence-electron chi connectivity index (χ4n) is 3.09. The summed E-state index contributed by atoms with van der Waals surface area (Å²) in [4.78, 5) is 15.7. The van der Waals surface area contributed by atoms with Crippen LogP contribution >= 0.6 is 0 Å². The largest absolute Gasteiger partial charge is 0.393 e. The number of aliphatic hydroxyl groups is 1. The topological polar surface area (TPSA) is 153 Å². The van der Waals surface area contributed by atoms with Gasteiger partial charge in [-0.15, -0.1) is 0 Å². The van der Waals surface area contributed by atoms with E-state index in [4.69, 9.17) is 15.1 Å². The standard InChI is InChI=1S/C19H21N5O5S/c1-10-3-4-15(30(26,27)24-28-14-6-13(25)7-14)8-16(10)12-5-17(18(20)21-9-12)19-22-11(2)23-29-19/h3-5,8-9,13-14,24-25H,6-7H2,1-2H3,(H2,20,21)/t13-,14-. The van der Waals surface area contributed by atoms with E-state index in [0.29, 0.717) is 35.4 Å². The normalized spacial score (nSPS) is 18.9. The molecule has 4 N–H and O–H groups in total. The molecule has 2 heterocycles. The van der Waals surface area contributed by atoms with Crippen LogP contribution in [0, 0.1) is 13.8 Å². The Morgan fingerprint density at radius 1 is 1.23 bits per heavy atom. The van der Waals surface area contributed by atoms with Crippen molar-refractivity contribution in [2.45, 2.75) is 43.8 Å². The van der Waals surface area contributed by atoms with Crippen molar-refractivity contribution < 1.29 is 22.9 Å². The number of rotatable bonds is 6. The Labute approximate surface area is 173 Å². The highest BCUT2D eigenvalue weighted by Crippen LogP contribution is 2.31. The molecule has 3 aromatic rings. The Bertz CT molecular complexity index is 1190. The summed E-state index contributed by atoms with van der Waals surface area (Å²) < 4.78 is 30.4. The SMILES string of the molecule is Cc1noc(-c2cc(-c3cc(S(=O)(=O)NO[C@H]4C[C@H](O)C4)ccc3C)cnc2N)n1.